The number of nitrogens with two attached hydrogens (primary N) is 1. The third kappa shape index (κ3) is 12.2. The van der Waals surface area contributed by atoms with E-state index >= 15 is 0 Å². The van der Waals surface area contributed by atoms with Crippen LogP contribution in [-0.2, 0) is 4.79 Å². The Balaban J connectivity index is 3.11. The first-order chi connectivity index (χ1) is 7.81. The molecule has 0 aromatic rings. The molecule has 0 heterocycles. The fourth-order valence-electron chi connectivity index (χ4n) is 0.990. The highest BCUT2D eigenvalue weighted by atomic mass is 33.1. The molecule has 0 unspecified atom stereocenters. The molecule has 0 aliphatic carbocycles. The summed E-state index contributed by atoms with van der Waals surface area (Å²) in [7, 11) is 3.52. The van der Waals surface area contributed by atoms with Crippen molar-refractivity contribution in [3.63, 3.8) is 0 Å². The molecule has 0 aromatic carbocycles. The SMILES string of the molecule is CCCNCCC(=O)NCCSSCCN. The van der Waals surface area contributed by atoms with E-state index in [4.69, 9.17) is 5.73 Å². The summed E-state index contributed by atoms with van der Waals surface area (Å²) >= 11 is 0. The van der Waals surface area contributed by atoms with E-state index < -0.39 is 0 Å². The van der Waals surface area contributed by atoms with E-state index in [1.165, 1.54) is 0 Å². The average molecular weight is 265 g/mol. The summed E-state index contributed by atoms with van der Waals surface area (Å²) in [6.07, 6.45) is 1.68. The van der Waals surface area contributed by atoms with E-state index in [0.29, 0.717) is 13.0 Å². The predicted octanol–water partition coefficient (Wildman–Crippen LogP) is 0.832. The van der Waals surface area contributed by atoms with Gasteiger partial charge in [0.25, 0.3) is 0 Å². The van der Waals surface area contributed by atoms with E-state index in [-0.39, 0.29) is 5.91 Å². The summed E-state index contributed by atoms with van der Waals surface area (Å²) in [6.45, 7) is 5.33. The normalized spacial score (nSPS) is 10.4. The van der Waals surface area contributed by atoms with Gasteiger partial charge in [0.2, 0.25) is 5.91 Å². The molecule has 6 heteroatoms. The van der Waals surface area contributed by atoms with Crippen molar-refractivity contribution in [3.8, 4) is 0 Å². The van der Waals surface area contributed by atoms with Crippen molar-refractivity contribution >= 4 is 27.5 Å². The van der Waals surface area contributed by atoms with Crippen molar-refractivity contribution in [2.24, 2.45) is 5.73 Å². The summed E-state index contributed by atoms with van der Waals surface area (Å²) in [4.78, 5) is 11.3. The minimum absolute atomic E-state index is 0.132. The van der Waals surface area contributed by atoms with Gasteiger partial charge in [0.1, 0.15) is 0 Å². The first kappa shape index (κ1) is 16.1. The van der Waals surface area contributed by atoms with Crippen LogP contribution in [0.1, 0.15) is 19.8 Å². The second kappa shape index (κ2) is 13.2. The molecule has 0 aliphatic heterocycles. The van der Waals surface area contributed by atoms with E-state index in [1.807, 2.05) is 0 Å². The maximum atomic E-state index is 11.3. The second-order valence-corrected chi connectivity index (χ2v) is 5.98. The van der Waals surface area contributed by atoms with E-state index in [1.54, 1.807) is 21.6 Å². The fourth-order valence-corrected chi connectivity index (χ4v) is 2.75. The van der Waals surface area contributed by atoms with Crippen LogP contribution >= 0.6 is 21.6 Å². The summed E-state index contributed by atoms with van der Waals surface area (Å²) in [5, 5.41) is 6.09. The van der Waals surface area contributed by atoms with Gasteiger partial charge in [-0.15, -0.1) is 0 Å². The number of hydrogen-bond donors (Lipinski definition) is 3. The Bertz CT molecular complexity index is 170. The molecular weight excluding hydrogens is 242 g/mol. The van der Waals surface area contributed by atoms with Crippen molar-refractivity contribution in [3.05, 3.63) is 0 Å². The lowest BCUT2D eigenvalue weighted by Gasteiger charge is -2.05. The molecule has 0 rings (SSSR count). The Kier molecular flexibility index (Phi) is 13.2. The minimum atomic E-state index is 0.132. The Labute approximate surface area is 106 Å². The number of hydrogen-bond acceptors (Lipinski definition) is 5. The van der Waals surface area contributed by atoms with Crippen molar-refractivity contribution in [1.29, 1.82) is 0 Å². The van der Waals surface area contributed by atoms with Crippen LogP contribution in [0, 0.1) is 0 Å². The van der Waals surface area contributed by atoms with Crippen molar-refractivity contribution < 1.29 is 4.79 Å². The molecule has 1 amide bonds. The fraction of sp³-hybridized carbons (Fsp3) is 0.900. The van der Waals surface area contributed by atoms with Crippen LogP contribution in [0.25, 0.3) is 0 Å². The lowest BCUT2D eigenvalue weighted by molar-refractivity contribution is -0.120. The first-order valence-corrected chi connectivity index (χ1v) is 8.22. The number of amides is 1. The predicted molar refractivity (Wildman–Crippen MR) is 74.8 cm³/mol. The molecule has 4 N–H and O–H groups in total. The molecule has 16 heavy (non-hydrogen) atoms. The third-order valence-electron chi connectivity index (χ3n) is 1.75. The van der Waals surface area contributed by atoms with Crippen molar-refractivity contribution in [2.45, 2.75) is 19.8 Å². The first-order valence-electron chi connectivity index (χ1n) is 5.73. The van der Waals surface area contributed by atoms with Crippen LogP contribution in [0.2, 0.25) is 0 Å². The molecule has 96 valence electrons. The minimum Gasteiger partial charge on any atom is -0.355 e. The van der Waals surface area contributed by atoms with Crippen molar-refractivity contribution in [2.75, 3.05) is 37.7 Å². The van der Waals surface area contributed by atoms with Gasteiger partial charge in [0.15, 0.2) is 0 Å². The van der Waals surface area contributed by atoms with Crippen LogP contribution in [-0.4, -0.2) is 43.6 Å². The molecule has 0 saturated heterocycles. The monoisotopic (exact) mass is 265 g/mol. The Hall–Kier alpha value is 0.0900. The van der Waals surface area contributed by atoms with E-state index in [0.717, 1.165) is 37.6 Å². The van der Waals surface area contributed by atoms with Gasteiger partial charge in [0.05, 0.1) is 0 Å². The lowest BCUT2D eigenvalue weighted by Crippen LogP contribution is -2.29. The van der Waals surface area contributed by atoms with Crippen LogP contribution < -0.4 is 16.4 Å². The van der Waals surface area contributed by atoms with E-state index in [2.05, 4.69) is 17.6 Å². The molecular formula is C10H23N3OS2. The largest absolute Gasteiger partial charge is 0.355 e. The third-order valence-corrected chi connectivity index (χ3v) is 4.19. The number of carbonyl (C=O) groups excluding carboxylic acids is 1. The number of rotatable bonds is 11. The standard InChI is InChI=1S/C10H23N3OS2/c1-2-5-12-6-3-10(14)13-7-9-16-15-8-4-11/h12H,2-9,11H2,1H3,(H,13,14). The maximum Gasteiger partial charge on any atom is 0.221 e. The van der Waals surface area contributed by atoms with Crippen LogP contribution in [0.4, 0.5) is 0 Å². The Morgan fingerprint density at radius 1 is 1.19 bits per heavy atom. The van der Waals surface area contributed by atoms with Gasteiger partial charge in [-0.25, -0.2) is 0 Å². The molecule has 4 nitrogen and oxygen atoms in total. The molecule has 0 aliphatic rings. The van der Waals surface area contributed by atoms with Gasteiger partial charge in [0, 0.05) is 37.6 Å². The van der Waals surface area contributed by atoms with Crippen LogP contribution in [0.15, 0.2) is 0 Å². The lowest BCUT2D eigenvalue weighted by atomic mass is 10.4. The molecule has 0 fully saturated rings. The second-order valence-electron chi connectivity index (χ2n) is 3.28. The molecule has 0 radical (unpaired) electrons. The zero-order valence-electron chi connectivity index (χ0n) is 9.96. The van der Waals surface area contributed by atoms with Gasteiger partial charge in [-0.3, -0.25) is 4.79 Å². The summed E-state index contributed by atoms with van der Waals surface area (Å²) in [5.41, 5.74) is 5.36. The molecule has 0 atom stereocenters. The Morgan fingerprint density at radius 3 is 2.62 bits per heavy atom. The quantitative estimate of drug-likeness (QED) is 0.381. The zero-order valence-corrected chi connectivity index (χ0v) is 11.6. The topological polar surface area (TPSA) is 67.2 Å². The maximum absolute atomic E-state index is 11.3. The average Bonchev–Trinajstić information content (AvgIpc) is 2.29. The summed E-state index contributed by atoms with van der Waals surface area (Å²) in [5.74, 6) is 2.05. The van der Waals surface area contributed by atoms with Gasteiger partial charge < -0.3 is 16.4 Å². The Morgan fingerprint density at radius 2 is 1.94 bits per heavy atom. The number of nitrogens with one attached hydrogen (secondary N) is 2. The van der Waals surface area contributed by atoms with E-state index in [9.17, 15) is 4.79 Å². The molecule has 0 saturated carbocycles. The van der Waals surface area contributed by atoms with Gasteiger partial charge in [-0.2, -0.15) is 0 Å². The highest BCUT2D eigenvalue weighted by molar-refractivity contribution is 8.76. The van der Waals surface area contributed by atoms with Gasteiger partial charge in [-0.1, -0.05) is 28.5 Å². The number of carbonyl (C=O) groups is 1. The molecule has 0 spiro atoms. The zero-order chi connectivity index (χ0) is 12.1. The van der Waals surface area contributed by atoms with Gasteiger partial charge >= 0.3 is 0 Å². The summed E-state index contributed by atoms with van der Waals surface area (Å²) < 4.78 is 0. The molecule has 0 bridgehead atoms. The molecule has 0 aromatic heterocycles. The highest BCUT2D eigenvalue weighted by Gasteiger charge is 1.99. The van der Waals surface area contributed by atoms with Crippen molar-refractivity contribution in [1.82, 2.24) is 10.6 Å². The van der Waals surface area contributed by atoms with Crippen LogP contribution in [0.3, 0.4) is 0 Å². The summed E-state index contributed by atoms with van der Waals surface area (Å²) in [6, 6.07) is 0. The van der Waals surface area contributed by atoms with Gasteiger partial charge in [-0.05, 0) is 13.0 Å². The van der Waals surface area contributed by atoms with Crippen LogP contribution in [0.5, 0.6) is 0 Å². The highest BCUT2D eigenvalue weighted by Crippen LogP contribution is 2.18. The smallest absolute Gasteiger partial charge is 0.221 e.